The van der Waals surface area contributed by atoms with E-state index in [1.165, 1.54) is 6.42 Å². The Labute approximate surface area is 117 Å². The first-order chi connectivity index (χ1) is 9.83. The van der Waals surface area contributed by atoms with Crippen molar-refractivity contribution in [1.82, 2.24) is 20.6 Å². The third kappa shape index (κ3) is 2.93. The van der Waals surface area contributed by atoms with E-state index in [9.17, 15) is 4.79 Å². The van der Waals surface area contributed by atoms with Crippen LogP contribution in [0.3, 0.4) is 0 Å². The van der Waals surface area contributed by atoms with Crippen molar-refractivity contribution in [3.63, 3.8) is 0 Å². The number of benzene rings is 1. The monoisotopic (exact) mass is 270 g/mol. The number of hydrogen-bond acceptors (Lipinski definition) is 4. The maximum Gasteiger partial charge on any atom is 0.251 e. The average Bonchev–Trinajstić information content (AvgIpc) is 3.00. The highest BCUT2D eigenvalue weighted by molar-refractivity contribution is 5.97. The van der Waals surface area contributed by atoms with Crippen LogP contribution in [0.15, 0.2) is 30.6 Å². The molecule has 0 spiro atoms. The molecular formula is C15H18N4O. The van der Waals surface area contributed by atoms with Gasteiger partial charge in [-0.2, -0.15) is 0 Å². The third-order valence-electron chi connectivity index (χ3n) is 3.73. The molecule has 1 unspecified atom stereocenters. The highest BCUT2D eigenvalue weighted by Gasteiger charge is 2.14. The van der Waals surface area contributed by atoms with Crippen molar-refractivity contribution < 1.29 is 4.79 Å². The lowest BCUT2D eigenvalue weighted by molar-refractivity contribution is 0.0952. The number of amides is 1. The van der Waals surface area contributed by atoms with Crippen molar-refractivity contribution in [3.8, 4) is 0 Å². The molecule has 1 aliphatic rings. The SMILES string of the molecule is O=C(NCCC1CCNC1)c1ccc2nccnc2c1. The lowest BCUT2D eigenvalue weighted by atomic mass is 10.1. The van der Waals surface area contributed by atoms with Crippen molar-refractivity contribution in [3.05, 3.63) is 36.2 Å². The Kier molecular flexibility index (Phi) is 3.87. The summed E-state index contributed by atoms with van der Waals surface area (Å²) in [6, 6.07) is 5.41. The summed E-state index contributed by atoms with van der Waals surface area (Å²) in [5.74, 6) is 0.654. The molecule has 0 saturated carbocycles. The molecule has 1 aromatic heterocycles. The maximum absolute atomic E-state index is 12.1. The Morgan fingerprint density at radius 1 is 1.30 bits per heavy atom. The summed E-state index contributed by atoms with van der Waals surface area (Å²) in [4.78, 5) is 20.5. The fourth-order valence-corrected chi connectivity index (χ4v) is 2.56. The summed E-state index contributed by atoms with van der Waals surface area (Å²) >= 11 is 0. The Morgan fingerprint density at radius 3 is 2.95 bits per heavy atom. The van der Waals surface area contributed by atoms with Crippen LogP contribution in [0.4, 0.5) is 0 Å². The van der Waals surface area contributed by atoms with Crippen LogP contribution in [0.25, 0.3) is 11.0 Å². The van der Waals surface area contributed by atoms with E-state index in [0.717, 1.165) is 37.1 Å². The van der Waals surface area contributed by atoms with E-state index in [1.807, 2.05) is 6.07 Å². The minimum absolute atomic E-state index is 0.0384. The van der Waals surface area contributed by atoms with E-state index in [2.05, 4.69) is 20.6 Å². The molecule has 0 radical (unpaired) electrons. The van der Waals surface area contributed by atoms with E-state index < -0.39 is 0 Å². The molecular weight excluding hydrogens is 252 g/mol. The summed E-state index contributed by atoms with van der Waals surface area (Å²) in [6.07, 6.45) is 5.53. The van der Waals surface area contributed by atoms with Crippen LogP contribution >= 0.6 is 0 Å². The van der Waals surface area contributed by atoms with Crippen molar-refractivity contribution in [2.45, 2.75) is 12.8 Å². The minimum atomic E-state index is -0.0384. The largest absolute Gasteiger partial charge is 0.352 e. The van der Waals surface area contributed by atoms with Gasteiger partial charge >= 0.3 is 0 Å². The topological polar surface area (TPSA) is 66.9 Å². The molecule has 1 saturated heterocycles. The number of nitrogens with zero attached hydrogens (tertiary/aromatic N) is 2. The van der Waals surface area contributed by atoms with Crippen LogP contribution in [-0.2, 0) is 0 Å². The van der Waals surface area contributed by atoms with E-state index >= 15 is 0 Å². The average molecular weight is 270 g/mol. The number of rotatable bonds is 4. The van der Waals surface area contributed by atoms with Gasteiger partial charge in [0.2, 0.25) is 0 Å². The van der Waals surface area contributed by atoms with Crippen molar-refractivity contribution in [2.24, 2.45) is 5.92 Å². The molecule has 3 rings (SSSR count). The van der Waals surface area contributed by atoms with Gasteiger partial charge in [0.05, 0.1) is 11.0 Å². The number of aromatic nitrogens is 2. The van der Waals surface area contributed by atoms with Gasteiger partial charge in [0, 0.05) is 24.5 Å². The van der Waals surface area contributed by atoms with E-state index in [-0.39, 0.29) is 5.91 Å². The lowest BCUT2D eigenvalue weighted by Gasteiger charge is -2.09. The second-order valence-electron chi connectivity index (χ2n) is 5.16. The molecule has 1 atom stereocenters. The predicted molar refractivity (Wildman–Crippen MR) is 77.5 cm³/mol. The second kappa shape index (κ2) is 5.96. The van der Waals surface area contributed by atoms with Crippen LogP contribution in [0, 0.1) is 5.92 Å². The highest BCUT2D eigenvalue weighted by Crippen LogP contribution is 2.12. The Hall–Kier alpha value is -2.01. The van der Waals surface area contributed by atoms with Gasteiger partial charge in [-0.3, -0.25) is 14.8 Å². The Morgan fingerprint density at radius 2 is 2.15 bits per heavy atom. The van der Waals surface area contributed by atoms with Gasteiger partial charge in [0.15, 0.2) is 0 Å². The van der Waals surface area contributed by atoms with Crippen LogP contribution in [0.5, 0.6) is 0 Å². The van der Waals surface area contributed by atoms with E-state index in [0.29, 0.717) is 11.5 Å². The molecule has 1 aliphatic heterocycles. The quantitative estimate of drug-likeness (QED) is 0.880. The zero-order chi connectivity index (χ0) is 13.8. The second-order valence-corrected chi connectivity index (χ2v) is 5.16. The van der Waals surface area contributed by atoms with Gasteiger partial charge in [-0.1, -0.05) is 0 Å². The molecule has 0 aliphatic carbocycles. The van der Waals surface area contributed by atoms with Gasteiger partial charge in [-0.05, 0) is 50.0 Å². The standard InChI is InChI=1S/C15H18N4O/c20-15(19-6-4-11-3-5-16-10-11)12-1-2-13-14(9-12)18-8-7-17-13/h1-2,7-9,11,16H,3-6,10H2,(H,19,20). The molecule has 2 N–H and O–H groups in total. The van der Waals surface area contributed by atoms with E-state index in [1.54, 1.807) is 24.5 Å². The summed E-state index contributed by atoms with van der Waals surface area (Å²) in [5, 5.41) is 6.31. The summed E-state index contributed by atoms with van der Waals surface area (Å²) < 4.78 is 0. The van der Waals surface area contributed by atoms with Crippen molar-refractivity contribution in [1.29, 1.82) is 0 Å². The first-order valence-electron chi connectivity index (χ1n) is 7.02. The molecule has 1 aromatic carbocycles. The normalized spacial score (nSPS) is 18.3. The molecule has 5 heteroatoms. The summed E-state index contributed by atoms with van der Waals surface area (Å²) in [7, 11) is 0. The highest BCUT2D eigenvalue weighted by atomic mass is 16.1. The zero-order valence-electron chi connectivity index (χ0n) is 11.3. The minimum Gasteiger partial charge on any atom is -0.352 e. The van der Waals surface area contributed by atoms with Crippen LogP contribution in [0.1, 0.15) is 23.2 Å². The van der Waals surface area contributed by atoms with Crippen LogP contribution in [0.2, 0.25) is 0 Å². The van der Waals surface area contributed by atoms with E-state index in [4.69, 9.17) is 0 Å². The zero-order valence-corrected chi connectivity index (χ0v) is 11.3. The number of carbonyl (C=O) groups excluding carboxylic acids is 1. The smallest absolute Gasteiger partial charge is 0.251 e. The molecule has 1 amide bonds. The van der Waals surface area contributed by atoms with Crippen molar-refractivity contribution >= 4 is 16.9 Å². The molecule has 2 aromatic rings. The van der Waals surface area contributed by atoms with Gasteiger partial charge in [-0.25, -0.2) is 0 Å². The predicted octanol–water partition coefficient (Wildman–Crippen LogP) is 1.36. The molecule has 5 nitrogen and oxygen atoms in total. The molecule has 2 heterocycles. The number of carbonyl (C=O) groups is 1. The van der Waals surface area contributed by atoms with Gasteiger partial charge in [0.1, 0.15) is 0 Å². The number of nitrogens with one attached hydrogen (secondary N) is 2. The van der Waals surface area contributed by atoms with Gasteiger partial charge in [0.25, 0.3) is 5.91 Å². The molecule has 20 heavy (non-hydrogen) atoms. The fraction of sp³-hybridized carbons (Fsp3) is 0.400. The van der Waals surface area contributed by atoms with Crippen LogP contribution < -0.4 is 10.6 Å². The first kappa shape index (κ1) is 13.0. The van der Waals surface area contributed by atoms with Crippen molar-refractivity contribution in [2.75, 3.05) is 19.6 Å². The Bertz CT molecular complexity index is 608. The summed E-state index contributed by atoms with van der Waals surface area (Å²) in [6.45, 7) is 2.90. The van der Waals surface area contributed by atoms with Gasteiger partial charge in [-0.15, -0.1) is 0 Å². The molecule has 0 bridgehead atoms. The third-order valence-corrected chi connectivity index (χ3v) is 3.73. The number of fused-ring (bicyclic) bond motifs is 1. The summed E-state index contributed by atoms with van der Waals surface area (Å²) in [5.41, 5.74) is 2.20. The molecule has 104 valence electrons. The van der Waals surface area contributed by atoms with Gasteiger partial charge < -0.3 is 10.6 Å². The number of hydrogen-bond donors (Lipinski definition) is 2. The van der Waals surface area contributed by atoms with Crippen LogP contribution in [-0.4, -0.2) is 35.5 Å². The Balaban J connectivity index is 1.60. The fourth-order valence-electron chi connectivity index (χ4n) is 2.56. The molecule has 1 fully saturated rings. The lowest BCUT2D eigenvalue weighted by Crippen LogP contribution is -2.26. The maximum atomic E-state index is 12.1. The first-order valence-corrected chi connectivity index (χ1v) is 7.02.